The van der Waals surface area contributed by atoms with Gasteiger partial charge in [-0.15, -0.1) is 0 Å². The van der Waals surface area contributed by atoms with Crippen LogP contribution in [0.15, 0.2) is 42.5 Å². The lowest BCUT2D eigenvalue weighted by molar-refractivity contribution is 0.0953. The van der Waals surface area contributed by atoms with Crippen molar-refractivity contribution in [3.05, 3.63) is 58.1 Å². The van der Waals surface area contributed by atoms with E-state index in [1.165, 1.54) is 0 Å². The summed E-state index contributed by atoms with van der Waals surface area (Å²) >= 11 is 12.5. The van der Waals surface area contributed by atoms with E-state index in [9.17, 15) is 4.79 Å². The van der Waals surface area contributed by atoms with Crippen molar-refractivity contribution in [3.8, 4) is 0 Å². The average Bonchev–Trinajstić information content (AvgIpc) is 2.70. The van der Waals surface area contributed by atoms with Crippen LogP contribution in [-0.4, -0.2) is 50.1 Å². The number of nitrogen functional groups attached to an aromatic ring is 1. The van der Waals surface area contributed by atoms with Crippen molar-refractivity contribution in [2.24, 2.45) is 0 Å². The molecule has 0 aromatic heterocycles. The lowest BCUT2D eigenvalue weighted by Crippen LogP contribution is -2.46. The molecule has 3 rings (SSSR count). The Hall–Kier alpha value is -1.95. The molecule has 2 aromatic rings. The molecule has 3 N–H and O–H groups in total. The molecule has 0 bridgehead atoms. The molecule has 28 heavy (non-hydrogen) atoms. The lowest BCUT2D eigenvalue weighted by atomic mass is 10.1. The number of nitrogens with zero attached hydrogens (tertiary/aromatic N) is 2. The number of hydrogen-bond acceptors (Lipinski definition) is 4. The fourth-order valence-electron chi connectivity index (χ4n) is 3.41. The minimum Gasteiger partial charge on any atom is -0.398 e. The first-order valence-corrected chi connectivity index (χ1v) is 10.4. The van der Waals surface area contributed by atoms with Gasteiger partial charge in [-0.3, -0.25) is 9.69 Å². The first kappa shape index (κ1) is 20.8. The molecule has 0 aliphatic carbocycles. The highest BCUT2D eigenvalue weighted by molar-refractivity contribution is 6.43. The van der Waals surface area contributed by atoms with Gasteiger partial charge >= 0.3 is 0 Å². The molecular weight excluding hydrogens is 395 g/mol. The second-order valence-electron chi connectivity index (χ2n) is 6.95. The van der Waals surface area contributed by atoms with E-state index in [-0.39, 0.29) is 5.91 Å². The number of carbonyl (C=O) groups excluding carboxylic acids is 1. The number of rotatable bonds is 7. The predicted octanol–water partition coefficient (Wildman–Crippen LogP) is 3.91. The fraction of sp³-hybridized carbons (Fsp3) is 0.381. The van der Waals surface area contributed by atoms with E-state index in [0.717, 1.165) is 51.3 Å². The molecule has 1 amide bonds. The molecule has 0 radical (unpaired) electrons. The number of unbranched alkanes of at least 4 members (excludes halogenated alkanes) is 1. The third-order valence-corrected chi connectivity index (χ3v) is 5.85. The van der Waals surface area contributed by atoms with Crippen LogP contribution in [-0.2, 0) is 0 Å². The molecule has 1 saturated heterocycles. The van der Waals surface area contributed by atoms with Crippen molar-refractivity contribution in [3.63, 3.8) is 0 Å². The van der Waals surface area contributed by atoms with Gasteiger partial charge in [-0.2, -0.15) is 0 Å². The average molecular weight is 421 g/mol. The fourth-order valence-corrected chi connectivity index (χ4v) is 3.83. The number of hydrogen-bond donors (Lipinski definition) is 2. The van der Waals surface area contributed by atoms with Crippen LogP contribution in [0.1, 0.15) is 23.2 Å². The molecule has 0 saturated carbocycles. The van der Waals surface area contributed by atoms with E-state index >= 15 is 0 Å². The summed E-state index contributed by atoms with van der Waals surface area (Å²) in [4.78, 5) is 16.9. The Morgan fingerprint density at radius 1 is 1.00 bits per heavy atom. The number of para-hydroxylation sites is 1. The van der Waals surface area contributed by atoms with Gasteiger partial charge in [0.2, 0.25) is 0 Å². The summed E-state index contributed by atoms with van der Waals surface area (Å²) in [5, 5.41) is 4.17. The number of halogens is 2. The highest BCUT2D eigenvalue weighted by atomic mass is 35.5. The van der Waals surface area contributed by atoms with Crippen LogP contribution in [0.3, 0.4) is 0 Å². The van der Waals surface area contributed by atoms with Gasteiger partial charge in [-0.1, -0.05) is 41.4 Å². The van der Waals surface area contributed by atoms with Crippen molar-refractivity contribution in [2.45, 2.75) is 12.8 Å². The Kier molecular flexibility index (Phi) is 7.43. The van der Waals surface area contributed by atoms with E-state index in [1.54, 1.807) is 12.1 Å². The Morgan fingerprint density at radius 2 is 1.75 bits per heavy atom. The van der Waals surface area contributed by atoms with Crippen molar-refractivity contribution in [1.29, 1.82) is 0 Å². The summed E-state index contributed by atoms with van der Waals surface area (Å²) in [7, 11) is 0. The second kappa shape index (κ2) is 10.0. The Bertz CT molecular complexity index is 807. The van der Waals surface area contributed by atoms with Crippen molar-refractivity contribution in [1.82, 2.24) is 10.2 Å². The van der Waals surface area contributed by atoms with Crippen molar-refractivity contribution >= 4 is 40.5 Å². The quantitative estimate of drug-likeness (QED) is 0.526. The molecule has 7 heteroatoms. The number of carbonyl (C=O) groups is 1. The highest BCUT2D eigenvalue weighted by Crippen LogP contribution is 2.32. The molecule has 0 unspecified atom stereocenters. The molecule has 150 valence electrons. The highest BCUT2D eigenvalue weighted by Gasteiger charge is 2.19. The summed E-state index contributed by atoms with van der Waals surface area (Å²) in [6, 6.07) is 12.9. The number of anilines is 2. The number of benzene rings is 2. The lowest BCUT2D eigenvalue weighted by Gasteiger charge is -2.36. The van der Waals surface area contributed by atoms with Gasteiger partial charge in [-0.05, 0) is 43.7 Å². The Balaban J connectivity index is 1.34. The summed E-state index contributed by atoms with van der Waals surface area (Å²) in [6.45, 7) is 5.55. The van der Waals surface area contributed by atoms with Gasteiger partial charge in [0.25, 0.3) is 5.91 Å². The first-order valence-electron chi connectivity index (χ1n) is 9.60. The van der Waals surface area contributed by atoms with Crippen molar-refractivity contribution in [2.75, 3.05) is 49.9 Å². The zero-order valence-electron chi connectivity index (χ0n) is 15.8. The Labute approximate surface area is 176 Å². The van der Waals surface area contributed by atoms with Crippen LogP contribution < -0.4 is 16.0 Å². The maximum absolute atomic E-state index is 12.1. The van der Waals surface area contributed by atoms with E-state index in [1.807, 2.05) is 30.3 Å². The minimum absolute atomic E-state index is 0.106. The van der Waals surface area contributed by atoms with Gasteiger partial charge in [0.1, 0.15) is 0 Å². The predicted molar refractivity (Wildman–Crippen MR) is 118 cm³/mol. The first-order chi connectivity index (χ1) is 13.6. The third-order valence-electron chi connectivity index (χ3n) is 5.04. The van der Waals surface area contributed by atoms with Crippen LogP contribution in [0.5, 0.6) is 0 Å². The van der Waals surface area contributed by atoms with Crippen LogP contribution in [0.25, 0.3) is 0 Å². The SMILES string of the molecule is Nc1ccccc1C(=O)NCCCCN1CCN(c2cccc(Cl)c2Cl)CC1. The molecule has 1 heterocycles. The van der Waals surface area contributed by atoms with Gasteiger partial charge < -0.3 is 16.0 Å². The maximum atomic E-state index is 12.1. The Morgan fingerprint density at radius 3 is 2.50 bits per heavy atom. The van der Waals surface area contributed by atoms with Gasteiger partial charge in [-0.25, -0.2) is 0 Å². The van der Waals surface area contributed by atoms with E-state index < -0.39 is 0 Å². The van der Waals surface area contributed by atoms with E-state index in [2.05, 4.69) is 15.1 Å². The molecule has 2 aromatic carbocycles. The molecular formula is C21H26Cl2N4O. The molecule has 1 aliphatic rings. The summed E-state index contributed by atoms with van der Waals surface area (Å²) in [6.07, 6.45) is 1.99. The summed E-state index contributed by atoms with van der Waals surface area (Å²) in [5.41, 5.74) is 7.90. The van der Waals surface area contributed by atoms with Gasteiger partial charge in [0, 0.05) is 38.4 Å². The number of nitrogens with two attached hydrogens (primary N) is 1. The molecule has 0 spiro atoms. The van der Waals surface area contributed by atoms with Crippen LogP contribution >= 0.6 is 23.2 Å². The van der Waals surface area contributed by atoms with Crippen LogP contribution in [0.2, 0.25) is 10.0 Å². The normalized spacial score (nSPS) is 14.9. The van der Waals surface area contributed by atoms with Gasteiger partial charge in [0.05, 0.1) is 21.3 Å². The molecule has 1 fully saturated rings. The largest absolute Gasteiger partial charge is 0.398 e. The maximum Gasteiger partial charge on any atom is 0.253 e. The van der Waals surface area contributed by atoms with Crippen molar-refractivity contribution < 1.29 is 4.79 Å². The van der Waals surface area contributed by atoms with Gasteiger partial charge in [0.15, 0.2) is 0 Å². The summed E-state index contributed by atoms with van der Waals surface area (Å²) < 4.78 is 0. The van der Waals surface area contributed by atoms with E-state index in [0.29, 0.717) is 27.8 Å². The minimum atomic E-state index is -0.106. The zero-order valence-corrected chi connectivity index (χ0v) is 17.3. The molecule has 5 nitrogen and oxygen atoms in total. The third kappa shape index (κ3) is 5.31. The van der Waals surface area contributed by atoms with Crippen LogP contribution in [0.4, 0.5) is 11.4 Å². The smallest absolute Gasteiger partial charge is 0.253 e. The van der Waals surface area contributed by atoms with Crippen LogP contribution in [0, 0.1) is 0 Å². The molecule has 1 aliphatic heterocycles. The number of piperazine rings is 1. The number of nitrogens with one attached hydrogen (secondary N) is 1. The second-order valence-corrected chi connectivity index (χ2v) is 7.74. The standard InChI is InChI=1S/C21H26Cl2N4O/c22-17-7-5-9-19(20(17)23)27-14-12-26(13-15-27)11-4-3-10-25-21(28)16-6-1-2-8-18(16)24/h1-2,5-9H,3-4,10-15,24H2,(H,25,28). The monoisotopic (exact) mass is 420 g/mol. The zero-order chi connectivity index (χ0) is 19.9. The van der Waals surface area contributed by atoms with E-state index in [4.69, 9.17) is 28.9 Å². The topological polar surface area (TPSA) is 61.6 Å². The molecule has 0 atom stereocenters. The number of amides is 1. The summed E-state index contributed by atoms with van der Waals surface area (Å²) in [5.74, 6) is -0.106.